The molecule has 0 bridgehead atoms. The van der Waals surface area contributed by atoms with E-state index in [9.17, 15) is 4.79 Å². The van der Waals surface area contributed by atoms with Crippen LogP contribution in [0.25, 0.3) is 22.4 Å². The minimum atomic E-state index is -0.136. The number of carbonyl (C=O) groups is 1. The molecular weight excluding hydrogens is 476 g/mol. The summed E-state index contributed by atoms with van der Waals surface area (Å²) in [6.07, 6.45) is 1.72. The molecule has 2 aromatic carbocycles. The fraction of sp³-hybridized carbons (Fsp3) is 0.222. The first-order chi connectivity index (χ1) is 17.6. The maximum Gasteiger partial charge on any atom is 0.277 e. The van der Waals surface area contributed by atoms with Crippen molar-refractivity contribution in [3.05, 3.63) is 77.7 Å². The van der Waals surface area contributed by atoms with Gasteiger partial charge in [0.15, 0.2) is 23.4 Å². The van der Waals surface area contributed by atoms with E-state index in [0.717, 1.165) is 39.4 Å². The van der Waals surface area contributed by atoms with Gasteiger partial charge in [-0.15, -0.1) is 10.2 Å². The number of hydrogen-bond donors (Lipinski definition) is 1. The van der Waals surface area contributed by atoms with Gasteiger partial charge < -0.3 is 23.4 Å². The number of thioether (sulfide) groups is 1. The molecule has 1 N–H and O–H groups in total. The van der Waals surface area contributed by atoms with Crippen LogP contribution in [-0.2, 0) is 6.54 Å². The van der Waals surface area contributed by atoms with Crippen molar-refractivity contribution in [2.45, 2.75) is 31.7 Å². The third-order valence-corrected chi connectivity index (χ3v) is 7.20. The van der Waals surface area contributed by atoms with Crippen molar-refractivity contribution >= 4 is 28.4 Å². The van der Waals surface area contributed by atoms with E-state index >= 15 is 0 Å². The number of aromatic amines is 1. The Bertz CT molecular complexity index is 1570. The normalized spacial score (nSPS) is 14.9. The maximum atomic E-state index is 13.1. The number of fused-ring (bicyclic) bond motifs is 2. The number of benzene rings is 2. The second-order valence-corrected chi connectivity index (χ2v) is 9.65. The van der Waals surface area contributed by atoms with Gasteiger partial charge in [0.1, 0.15) is 6.61 Å². The van der Waals surface area contributed by atoms with Gasteiger partial charge in [0, 0.05) is 34.1 Å². The number of nitrogens with zero attached hydrogens (tertiary/aromatic N) is 3. The van der Waals surface area contributed by atoms with Crippen molar-refractivity contribution in [3.63, 3.8) is 0 Å². The van der Waals surface area contributed by atoms with Crippen LogP contribution in [0.2, 0.25) is 0 Å². The number of ether oxygens (including phenoxy) is 2. The molecule has 5 aromatic rings. The average Bonchev–Trinajstić information content (AvgIpc) is 3.61. The third kappa shape index (κ3) is 4.15. The van der Waals surface area contributed by atoms with Gasteiger partial charge in [0.05, 0.1) is 17.9 Å². The molecule has 1 unspecified atom stereocenters. The van der Waals surface area contributed by atoms with E-state index in [4.69, 9.17) is 13.9 Å². The molecule has 1 aliphatic rings. The van der Waals surface area contributed by atoms with Gasteiger partial charge in [0.2, 0.25) is 0 Å². The summed E-state index contributed by atoms with van der Waals surface area (Å²) in [5.41, 5.74) is 4.44. The molecular formula is C27H24N4O4S. The summed E-state index contributed by atoms with van der Waals surface area (Å²) in [7, 11) is 0. The Kier molecular flexibility index (Phi) is 5.77. The molecule has 0 fully saturated rings. The smallest absolute Gasteiger partial charge is 0.277 e. The van der Waals surface area contributed by atoms with Crippen molar-refractivity contribution in [1.82, 2.24) is 19.7 Å². The van der Waals surface area contributed by atoms with Crippen LogP contribution in [0.5, 0.6) is 11.5 Å². The average molecular weight is 501 g/mol. The van der Waals surface area contributed by atoms with Gasteiger partial charge in [0.25, 0.3) is 11.1 Å². The second-order valence-electron chi connectivity index (χ2n) is 8.73. The zero-order chi connectivity index (χ0) is 24.6. The number of ketones is 1. The van der Waals surface area contributed by atoms with E-state index in [-0.39, 0.29) is 17.6 Å². The van der Waals surface area contributed by atoms with Gasteiger partial charge in [-0.3, -0.25) is 4.79 Å². The standard InChI is InChI=1S/C27H24N4O4S/c1-16-11-20(17(2)31(16)13-18-14-33-24-9-5-6-10-25(24)34-18)23(32)15-36-27-30-29-26(35-27)21-12-28-22-8-4-3-7-19(21)22/h3-12,18,28H,13-15H2,1-2H3. The van der Waals surface area contributed by atoms with Crippen LogP contribution in [0.3, 0.4) is 0 Å². The number of rotatable bonds is 7. The number of aryl methyl sites for hydroxylation is 1. The third-order valence-electron chi connectivity index (χ3n) is 6.38. The number of Topliss-reactive ketones (excluding diaryl/α,β-unsaturated/α-hetero) is 1. The van der Waals surface area contributed by atoms with Gasteiger partial charge in [-0.05, 0) is 38.1 Å². The summed E-state index contributed by atoms with van der Waals surface area (Å²) in [5.74, 6) is 2.15. The lowest BCUT2D eigenvalue weighted by Gasteiger charge is -2.27. The highest BCUT2D eigenvalue weighted by molar-refractivity contribution is 7.99. The summed E-state index contributed by atoms with van der Waals surface area (Å²) in [6, 6.07) is 17.5. The Morgan fingerprint density at radius 3 is 2.81 bits per heavy atom. The maximum absolute atomic E-state index is 13.1. The lowest BCUT2D eigenvalue weighted by molar-refractivity contribution is 0.0777. The Labute approximate surface area is 211 Å². The molecule has 9 heteroatoms. The van der Waals surface area contributed by atoms with Crippen LogP contribution in [0, 0.1) is 13.8 Å². The minimum Gasteiger partial charge on any atom is -0.486 e. The zero-order valence-corrected chi connectivity index (χ0v) is 20.7. The van der Waals surface area contributed by atoms with Crippen molar-refractivity contribution in [1.29, 1.82) is 0 Å². The summed E-state index contributed by atoms with van der Waals surface area (Å²) >= 11 is 1.24. The fourth-order valence-corrected chi connectivity index (χ4v) is 5.20. The molecule has 0 aliphatic carbocycles. The molecule has 6 rings (SSSR count). The van der Waals surface area contributed by atoms with Crippen molar-refractivity contribution in [3.8, 4) is 23.0 Å². The Morgan fingerprint density at radius 2 is 1.92 bits per heavy atom. The molecule has 1 atom stereocenters. The monoisotopic (exact) mass is 500 g/mol. The molecule has 0 radical (unpaired) electrons. The Balaban J connectivity index is 1.12. The zero-order valence-electron chi connectivity index (χ0n) is 19.9. The lowest BCUT2D eigenvalue weighted by atomic mass is 10.2. The van der Waals surface area contributed by atoms with E-state index in [2.05, 4.69) is 19.7 Å². The lowest BCUT2D eigenvalue weighted by Crippen LogP contribution is -2.33. The van der Waals surface area contributed by atoms with Gasteiger partial charge in [-0.1, -0.05) is 42.1 Å². The highest BCUT2D eigenvalue weighted by Gasteiger charge is 2.24. The molecule has 0 saturated carbocycles. The van der Waals surface area contributed by atoms with Crippen LogP contribution in [0.15, 0.2) is 70.4 Å². The summed E-state index contributed by atoms with van der Waals surface area (Å²) in [4.78, 5) is 16.3. The van der Waals surface area contributed by atoms with Gasteiger partial charge in [-0.2, -0.15) is 0 Å². The summed E-state index contributed by atoms with van der Waals surface area (Å²) < 4.78 is 19.9. The minimum absolute atomic E-state index is 0.0114. The fourth-order valence-electron chi connectivity index (χ4n) is 4.55. The first-order valence-corrected chi connectivity index (χ1v) is 12.7. The molecule has 0 amide bonds. The number of para-hydroxylation sites is 3. The van der Waals surface area contributed by atoms with Crippen molar-refractivity contribution < 1.29 is 18.7 Å². The predicted molar refractivity (Wildman–Crippen MR) is 137 cm³/mol. The van der Waals surface area contributed by atoms with Crippen LogP contribution in [-0.4, -0.2) is 44.0 Å². The SMILES string of the molecule is Cc1cc(C(=O)CSc2nnc(-c3c[nH]c4ccccc34)o2)c(C)n1CC1COc2ccccc2O1. The number of aromatic nitrogens is 4. The number of carbonyl (C=O) groups excluding carboxylic acids is 1. The van der Waals surface area contributed by atoms with Gasteiger partial charge >= 0.3 is 0 Å². The van der Waals surface area contributed by atoms with Crippen molar-refractivity contribution in [2.75, 3.05) is 12.4 Å². The van der Waals surface area contributed by atoms with Crippen LogP contribution < -0.4 is 9.47 Å². The van der Waals surface area contributed by atoms with Crippen molar-refractivity contribution in [2.24, 2.45) is 0 Å². The molecule has 3 aromatic heterocycles. The first-order valence-electron chi connectivity index (χ1n) is 11.7. The molecule has 8 nitrogen and oxygen atoms in total. The Hall–Kier alpha value is -3.98. The molecule has 1 aliphatic heterocycles. The molecule has 36 heavy (non-hydrogen) atoms. The van der Waals surface area contributed by atoms with Crippen LogP contribution in [0.1, 0.15) is 21.7 Å². The molecule has 0 spiro atoms. The van der Waals surface area contributed by atoms with E-state index < -0.39 is 0 Å². The van der Waals surface area contributed by atoms with Crippen LogP contribution >= 0.6 is 11.8 Å². The molecule has 182 valence electrons. The van der Waals surface area contributed by atoms with Crippen LogP contribution in [0.4, 0.5) is 0 Å². The van der Waals surface area contributed by atoms with E-state index in [1.807, 2.05) is 74.6 Å². The highest BCUT2D eigenvalue weighted by Crippen LogP contribution is 2.32. The van der Waals surface area contributed by atoms with E-state index in [1.165, 1.54) is 11.8 Å². The topological polar surface area (TPSA) is 95.2 Å². The number of H-pyrrole nitrogens is 1. The largest absolute Gasteiger partial charge is 0.486 e. The first kappa shape index (κ1) is 22.5. The number of nitrogens with one attached hydrogen (secondary N) is 1. The molecule has 4 heterocycles. The predicted octanol–water partition coefficient (Wildman–Crippen LogP) is 5.45. The van der Waals surface area contributed by atoms with E-state index in [1.54, 1.807) is 0 Å². The van der Waals surface area contributed by atoms with Gasteiger partial charge in [-0.25, -0.2) is 0 Å². The number of hydrogen-bond acceptors (Lipinski definition) is 7. The molecule has 0 saturated heterocycles. The highest BCUT2D eigenvalue weighted by atomic mass is 32.2. The quantitative estimate of drug-likeness (QED) is 0.234. The summed E-state index contributed by atoms with van der Waals surface area (Å²) in [5, 5.41) is 9.68. The summed E-state index contributed by atoms with van der Waals surface area (Å²) in [6.45, 7) is 5.03. The Morgan fingerprint density at radius 1 is 1.11 bits per heavy atom. The van der Waals surface area contributed by atoms with E-state index in [0.29, 0.717) is 29.8 Å². The second kappa shape index (κ2) is 9.23.